The van der Waals surface area contributed by atoms with Gasteiger partial charge in [0.2, 0.25) is 5.88 Å². The van der Waals surface area contributed by atoms with E-state index in [0.29, 0.717) is 24.1 Å². The van der Waals surface area contributed by atoms with Crippen LogP contribution in [0.25, 0.3) is 0 Å². The summed E-state index contributed by atoms with van der Waals surface area (Å²) in [5.41, 5.74) is 1.47. The van der Waals surface area contributed by atoms with Gasteiger partial charge in [0, 0.05) is 12.2 Å². The van der Waals surface area contributed by atoms with Gasteiger partial charge in [-0.1, -0.05) is 6.42 Å². The maximum Gasteiger partial charge on any atom is 0.231 e. The lowest BCUT2D eigenvalue weighted by Crippen LogP contribution is -2.35. The Morgan fingerprint density at radius 1 is 1.56 bits per heavy atom. The Balaban J connectivity index is 1.86. The van der Waals surface area contributed by atoms with Crippen LogP contribution in [0.5, 0.6) is 5.88 Å². The number of aromatic nitrogens is 1. The number of nitrogens with one attached hydrogen (secondary N) is 1. The summed E-state index contributed by atoms with van der Waals surface area (Å²) in [4.78, 5) is 4.13. The van der Waals surface area contributed by atoms with Crippen molar-refractivity contribution in [3.05, 3.63) is 23.4 Å². The average Bonchev–Trinajstić information content (AvgIpc) is 2.40. The van der Waals surface area contributed by atoms with E-state index in [4.69, 9.17) is 10.00 Å². The van der Waals surface area contributed by atoms with Gasteiger partial charge in [0.1, 0.15) is 11.6 Å². The van der Waals surface area contributed by atoms with Crippen LogP contribution in [-0.2, 0) is 0 Å². The molecule has 4 heteroatoms. The third-order valence-corrected chi connectivity index (χ3v) is 3.35. The van der Waals surface area contributed by atoms with E-state index in [1.165, 1.54) is 19.3 Å². The second-order valence-electron chi connectivity index (χ2n) is 4.70. The standard InChI is InChI=1S/C14H19N3O/c1-11-5-8-17-14(13(11)10-15)18-9-6-12-4-2-3-7-16-12/h5,8,12,16H,2-4,6-7,9H2,1H3. The third-order valence-electron chi connectivity index (χ3n) is 3.35. The maximum absolute atomic E-state index is 9.06. The van der Waals surface area contributed by atoms with Crippen LogP contribution < -0.4 is 10.1 Å². The fourth-order valence-electron chi connectivity index (χ4n) is 2.25. The molecule has 1 aromatic rings. The molecule has 1 unspecified atom stereocenters. The van der Waals surface area contributed by atoms with Gasteiger partial charge in [-0.05, 0) is 44.4 Å². The fraction of sp³-hybridized carbons (Fsp3) is 0.571. The van der Waals surface area contributed by atoms with Gasteiger partial charge >= 0.3 is 0 Å². The Hall–Kier alpha value is -1.60. The maximum atomic E-state index is 9.06. The zero-order chi connectivity index (χ0) is 12.8. The summed E-state index contributed by atoms with van der Waals surface area (Å²) < 4.78 is 5.64. The van der Waals surface area contributed by atoms with Crippen LogP contribution in [0.2, 0.25) is 0 Å². The van der Waals surface area contributed by atoms with E-state index in [2.05, 4.69) is 16.4 Å². The molecule has 2 rings (SSSR count). The molecular formula is C14H19N3O. The second kappa shape index (κ2) is 6.36. The van der Waals surface area contributed by atoms with Crippen LogP contribution in [0, 0.1) is 18.3 Å². The van der Waals surface area contributed by atoms with E-state index in [-0.39, 0.29) is 0 Å². The van der Waals surface area contributed by atoms with Crippen LogP contribution in [0.15, 0.2) is 12.3 Å². The number of piperidine rings is 1. The Labute approximate surface area is 108 Å². The molecule has 0 radical (unpaired) electrons. The van der Waals surface area contributed by atoms with E-state index < -0.39 is 0 Å². The van der Waals surface area contributed by atoms with Crippen molar-refractivity contribution >= 4 is 0 Å². The van der Waals surface area contributed by atoms with Crippen molar-refractivity contribution in [3.63, 3.8) is 0 Å². The molecule has 4 nitrogen and oxygen atoms in total. The highest BCUT2D eigenvalue weighted by Gasteiger charge is 2.13. The summed E-state index contributed by atoms with van der Waals surface area (Å²) in [6.07, 6.45) is 6.44. The molecule has 0 aromatic carbocycles. The fourth-order valence-corrected chi connectivity index (χ4v) is 2.25. The Morgan fingerprint density at radius 3 is 3.17 bits per heavy atom. The van der Waals surface area contributed by atoms with Gasteiger partial charge in [0.25, 0.3) is 0 Å². The van der Waals surface area contributed by atoms with Crippen LogP contribution in [0.3, 0.4) is 0 Å². The second-order valence-corrected chi connectivity index (χ2v) is 4.70. The van der Waals surface area contributed by atoms with Crippen LogP contribution in [0.4, 0.5) is 0 Å². The predicted octanol–water partition coefficient (Wildman–Crippen LogP) is 2.17. The summed E-state index contributed by atoms with van der Waals surface area (Å²) in [7, 11) is 0. The summed E-state index contributed by atoms with van der Waals surface area (Å²) in [6, 6.07) is 4.53. The summed E-state index contributed by atoms with van der Waals surface area (Å²) in [5.74, 6) is 0.466. The molecule has 0 aliphatic carbocycles. The first-order chi connectivity index (χ1) is 8.81. The number of hydrogen-bond acceptors (Lipinski definition) is 4. The minimum Gasteiger partial charge on any atom is -0.477 e. The number of pyridine rings is 1. The lowest BCUT2D eigenvalue weighted by Gasteiger charge is -2.23. The van der Waals surface area contributed by atoms with Gasteiger partial charge in [0.15, 0.2) is 0 Å². The molecule has 0 spiro atoms. The highest BCUT2D eigenvalue weighted by molar-refractivity contribution is 5.43. The first kappa shape index (κ1) is 12.8. The molecule has 1 atom stereocenters. The van der Waals surface area contributed by atoms with E-state index >= 15 is 0 Å². The lowest BCUT2D eigenvalue weighted by atomic mass is 10.0. The molecule has 1 aromatic heterocycles. The zero-order valence-electron chi connectivity index (χ0n) is 10.8. The molecule has 96 valence electrons. The topological polar surface area (TPSA) is 57.9 Å². The van der Waals surface area contributed by atoms with E-state index in [9.17, 15) is 0 Å². The normalized spacial score (nSPS) is 19.2. The van der Waals surface area contributed by atoms with Crippen molar-refractivity contribution in [2.24, 2.45) is 0 Å². The SMILES string of the molecule is Cc1ccnc(OCCC2CCCCN2)c1C#N. The summed E-state index contributed by atoms with van der Waals surface area (Å²) in [5, 5.41) is 12.5. The quantitative estimate of drug-likeness (QED) is 0.883. The monoisotopic (exact) mass is 245 g/mol. The smallest absolute Gasteiger partial charge is 0.231 e. The lowest BCUT2D eigenvalue weighted by molar-refractivity contribution is 0.260. The van der Waals surface area contributed by atoms with Gasteiger partial charge in [-0.3, -0.25) is 0 Å². The highest BCUT2D eigenvalue weighted by atomic mass is 16.5. The Kier molecular flexibility index (Phi) is 4.54. The Morgan fingerprint density at radius 2 is 2.44 bits per heavy atom. The molecule has 1 N–H and O–H groups in total. The predicted molar refractivity (Wildman–Crippen MR) is 69.4 cm³/mol. The number of nitriles is 1. The van der Waals surface area contributed by atoms with E-state index in [1.807, 2.05) is 13.0 Å². The number of nitrogens with zero attached hydrogens (tertiary/aromatic N) is 2. The average molecular weight is 245 g/mol. The number of rotatable bonds is 4. The van der Waals surface area contributed by atoms with Crippen molar-refractivity contribution in [3.8, 4) is 11.9 Å². The van der Waals surface area contributed by atoms with Gasteiger partial charge in [-0.25, -0.2) is 4.98 Å². The molecule has 0 saturated carbocycles. The van der Waals surface area contributed by atoms with Crippen molar-refractivity contribution in [2.45, 2.75) is 38.6 Å². The number of hydrogen-bond donors (Lipinski definition) is 1. The van der Waals surface area contributed by atoms with Crippen LogP contribution >= 0.6 is 0 Å². The van der Waals surface area contributed by atoms with E-state index in [0.717, 1.165) is 18.5 Å². The van der Waals surface area contributed by atoms with Crippen molar-refractivity contribution in [2.75, 3.05) is 13.2 Å². The van der Waals surface area contributed by atoms with Crippen LogP contribution in [-0.4, -0.2) is 24.2 Å². The minimum absolute atomic E-state index is 0.466. The minimum atomic E-state index is 0.466. The summed E-state index contributed by atoms with van der Waals surface area (Å²) in [6.45, 7) is 3.62. The van der Waals surface area contributed by atoms with Crippen molar-refractivity contribution < 1.29 is 4.74 Å². The van der Waals surface area contributed by atoms with Gasteiger partial charge in [0.05, 0.1) is 6.61 Å². The number of aryl methyl sites for hydroxylation is 1. The van der Waals surface area contributed by atoms with Gasteiger partial charge in [-0.15, -0.1) is 0 Å². The van der Waals surface area contributed by atoms with Gasteiger partial charge in [-0.2, -0.15) is 5.26 Å². The molecule has 2 heterocycles. The van der Waals surface area contributed by atoms with Crippen LogP contribution in [0.1, 0.15) is 36.8 Å². The van der Waals surface area contributed by atoms with Crippen molar-refractivity contribution in [1.29, 1.82) is 5.26 Å². The summed E-state index contributed by atoms with van der Waals surface area (Å²) >= 11 is 0. The molecule has 0 bridgehead atoms. The molecule has 0 amide bonds. The molecule has 18 heavy (non-hydrogen) atoms. The van der Waals surface area contributed by atoms with E-state index in [1.54, 1.807) is 6.20 Å². The first-order valence-corrected chi connectivity index (χ1v) is 6.53. The van der Waals surface area contributed by atoms with Crippen molar-refractivity contribution in [1.82, 2.24) is 10.3 Å². The van der Waals surface area contributed by atoms with Gasteiger partial charge < -0.3 is 10.1 Å². The zero-order valence-corrected chi connectivity index (χ0v) is 10.8. The first-order valence-electron chi connectivity index (χ1n) is 6.53. The third kappa shape index (κ3) is 3.21. The molecular weight excluding hydrogens is 226 g/mol. The molecule has 1 saturated heterocycles. The molecule has 1 fully saturated rings. The largest absolute Gasteiger partial charge is 0.477 e. The molecule has 1 aliphatic heterocycles. The Bertz CT molecular complexity index is 433. The molecule has 1 aliphatic rings. The highest BCUT2D eigenvalue weighted by Crippen LogP contribution is 2.18. The number of ether oxygens (including phenoxy) is 1.